The molecule has 0 bridgehead atoms. The quantitative estimate of drug-likeness (QED) is 0.162. The first-order chi connectivity index (χ1) is 11.1. The number of carbonyl (C=O) groups is 1. The number of rotatable bonds is 15. The van der Waals surface area contributed by atoms with Gasteiger partial charge in [-0.15, -0.1) is 0 Å². The predicted molar refractivity (Wildman–Crippen MR) is 106 cm³/mol. The molecule has 0 spiro atoms. The topological polar surface area (TPSA) is 37.3 Å². The van der Waals surface area contributed by atoms with Gasteiger partial charge in [-0.1, -0.05) is 6.58 Å². The molecule has 4 heteroatoms. The van der Waals surface area contributed by atoms with Crippen LogP contribution in [0, 0.1) is 0 Å². The van der Waals surface area contributed by atoms with Crippen molar-refractivity contribution in [3.05, 3.63) is 12.7 Å². The summed E-state index contributed by atoms with van der Waals surface area (Å²) in [7, 11) is 6.56. The third kappa shape index (κ3) is 27.4. The zero-order chi connectivity index (χ0) is 17.8. The van der Waals surface area contributed by atoms with Crippen molar-refractivity contribution in [2.75, 3.05) is 0 Å². The third-order valence-electron chi connectivity index (χ3n) is 3.78. The number of halogens is 1. The van der Waals surface area contributed by atoms with E-state index in [1.54, 1.807) is 0 Å². The number of aliphatic carboxylic acids is 1. The maximum atomic E-state index is 9.25. The van der Waals surface area contributed by atoms with Gasteiger partial charge in [0.25, 0.3) is 0 Å². The van der Waals surface area contributed by atoms with Gasteiger partial charge in [-0.25, -0.2) is 4.79 Å². The van der Waals surface area contributed by atoms with Gasteiger partial charge in [0.05, 0.1) is 0 Å². The number of unbranched alkanes of at least 4 members (excludes halogenated alkanes) is 10. The molecule has 0 heterocycles. The van der Waals surface area contributed by atoms with Gasteiger partial charge in [-0.3, -0.25) is 0 Å². The zero-order valence-corrected chi connectivity index (χ0v) is 19.0. The van der Waals surface area contributed by atoms with E-state index < -0.39 is 24.6 Å². The van der Waals surface area contributed by atoms with Crippen molar-refractivity contribution in [1.29, 1.82) is 0 Å². The zero-order valence-electron chi connectivity index (χ0n) is 15.4. The summed E-state index contributed by atoms with van der Waals surface area (Å²) in [6.07, 6.45) is 17.9. The molecule has 1 N–H and O–H groups in total. The molecule has 0 aliphatic heterocycles. The number of carboxylic acid groups (broad SMARTS) is 1. The Balaban J connectivity index is 0. The second kappa shape index (κ2) is 22.3. The Hall–Kier alpha value is 0.299. The fourth-order valence-electron chi connectivity index (χ4n) is 2.32. The van der Waals surface area contributed by atoms with E-state index in [-0.39, 0.29) is 0 Å². The van der Waals surface area contributed by atoms with E-state index in [9.17, 15) is 4.79 Å². The summed E-state index contributed by atoms with van der Waals surface area (Å²) in [4.78, 5) is 9.25. The Labute approximate surface area is 155 Å². The standard InChI is InChI=1S/2C8H17.C3H4O2.ClH.Sn/c2*1-3-5-7-8-6-4-2;1-2-3(4)5;;/h2*1,3-8H2,2H3;2H,1H2,(H,4,5);1H;/q;;;;+1/p-1. The molecule has 137 valence electrons. The van der Waals surface area contributed by atoms with Crippen molar-refractivity contribution < 1.29 is 9.90 Å². The molecule has 1 radical (unpaired) electrons. The minimum atomic E-state index is -1.39. The Morgan fingerprint density at radius 3 is 1.48 bits per heavy atom. The Morgan fingerprint density at radius 1 is 0.870 bits per heavy atom. The molecule has 0 fully saturated rings. The molecule has 0 aromatic heterocycles. The first kappa shape index (κ1) is 25.5. The van der Waals surface area contributed by atoms with Crippen LogP contribution in [0.3, 0.4) is 0 Å². The van der Waals surface area contributed by atoms with Crippen LogP contribution in [0.25, 0.3) is 0 Å². The summed E-state index contributed by atoms with van der Waals surface area (Å²) < 4.78 is 2.87. The van der Waals surface area contributed by atoms with Gasteiger partial charge in [0.15, 0.2) is 0 Å². The second-order valence-corrected chi connectivity index (χ2v) is 15.5. The summed E-state index contributed by atoms with van der Waals surface area (Å²) in [5, 5.41) is 7.60. The summed E-state index contributed by atoms with van der Waals surface area (Å²) in [5.74, 6) is -0.981. The molecule has 0 aromatic rings. The van der Waals surface area contributed by atoms with Gasteiger partial charge >= 0.3 is 133 Å². The Morgan fingerprint density at radius 2 is 1.17 bits per heavy atom. The van der Waals surface area contributed by atoms with Crippen molar-refractivity contribution in [3.63, 3.8) is 0 Å². The molecule has 0 saturated heterocycles. The van der Waals surface area contributed by atoms with E-state index in [0.29, 0.717) is 0 Å². The van der Waals surface area contributed by atoms with Gasteiger partial charge in [-0.05, 0) is 0 Å². The van der Waals surface area contributed by atoms with Gasteiger partial charge in [0.2, 0.25) is 0 Å². The van der Waals surface area contributed by atoms with Crippen LogP contribution in [0.15, 0.2) is 12.7 Å². The van der Waals surface area contributed by atoms with Gasteiger partial charge in [0.1, 0.15) is 0 Å². The van der Waals surface area contributed by atoms with Crippen LogP contribution in [-0.2, 0) is 4.79 Å². The number of hydrogen-bond donors (Lipinski definition) is 1. The van der Waals surface area contributed by atoms with Crippen molar-refractivity contribution in [3.8, 4) is 0 Å². The normalized spacial score (nSPS) is 10.3. The maximum absolute atomic E-state index is 9.25. The van der Waals surface area contributed by atoms with Crippen LogP contribution in [0.2, 0.25) is 8.87 Å². The van der Waals surface area contributed by atoms with Crippen LogP contribution in [-0.4, -0.2) is 29.7 Å². The van der Waals surface area contributed by atoms with E-state index in [0.717, 1.165) is 6.08 Å². The molecule has 2 nitrogen and oxygen atoms in total. The van der Waals surface area contributed by atoms with Crippen LogP contribution in [0.4, 0.5) is 0 Å². The minimum absolute atomic E-state index is 0.833. The van der Waals surface area contributed by atoms with E-state index in [1.807, 2.05) is 0 Å². The molecule has 23 heavy (non-hydrogen) atoms. The monoisotopic (exact) mass is 453 g/mol. The van der Waals surface area contributed by atoms with Crippen LogP contribution in [0.1, 0.15) is 90.9 Å². The average molecular weight is 453 g/mol. The summed E-state index contributed by atoms with van der Waals surface area (Å²) >= 11 is -1.39. The Bertz CT molecular complexity index is 244. The predicted octanol–water partition coefficient (Wildman–Crippen LogP) is 7.19. The van der Waals surface area contributed by atoms with Crippen molar-refractivity contribution in [2.24, 2.45) is 0 Å². The van der Waals surface area contributed by atoms with Crippen LogP contribution < -0.4 is 0 Å². The molecule has 0 atom stereocenters. The van der Waals surface area contributed by atoms with Gasteiger partial charge in [-0.2, -0.15) is 0 Å². The fraction of sp³-hybridized carbons (Fsp3) is 0.842. The SMILES string of the molecule is C=CC(=O)O.CCCCCCC[CH2][Sn]([Cl])[CH2]CCCCCCC. The van der Waals surface area contributed by atoms with Gasteiger partial charge < -0.3 is 5.11 Å². The molecular weight excluding hydrogens is 414 g/mol. The molecule has 0 rings (SSSR count). The van der Waals surface area contributed by atoms with Crippen molar-refractivity contribution in [2.45, 2.75) is 99.8 Å². The number of carboxylic acids is 1. The van der Waals surface area contributed by atoms with Crippen LogP contribution in [0.5, 0.6) is 0 Å². The first-order valence-electron chi connectivity index (χ1n) is 9.43. The van der Waals surface area contributed by atoms with Crippen LogP contribution >= 0.6 is 8.92 Å². The molecule has 0 amide bonds. The molecule has 0 aliphatic rings. The summed E-state index contributed by atoms with van der Waals surface area (Å²) in [6.45, 7) is 7.53. The fourth-order valence-corrected chi connectivity index (χ4v) is 8.44. The third-order valence-corrected chi connectivity index (χ3v) is 11.4. The molecular formula is C19H38ClO2Sn. The van der Waals surface area contributed by atoms with Crippen molar-refractivity contribution in [1.82, 2.24) is 0 Å². The summed E-state index contributed by atoms with van der Waals surface area (Å²) in [6, 6.07) is 0. The second-order valence-electron chi connectivity index (χ2n) is 6.10. The number of hydrogen-bond acceptors (Lipinski definition) is 1. The molecule has 0 aliphatic carbocycles. The Kier molecular flexibility index (Phi) is 24.8. The molecule has 0 unspecified atom stereocenters. The van der Waals surface area contributed by atoms with E-state index in [2.05, 4.69) is 20.4 Å². The summed E-state index contributed by atoms with van der Waals surface area (Å²) in [5.41, 5.74) is 0. The van der Waals surface area contributed by atoms with E-state index in [1.165, 1.54) is 85.9 Å². The van der Waals surface area contributed by atoms with Crippen molar-refractivity contribution >= 4 is 33.5 Å². The molecule has 0 saturated carbocycles. The first-order valence-corrected chi connectivity index (χ1v) is 17.1. The molecule has 0 aromatic carbocycles. The van der Waals surface area contributed by atoms with E-state index in [4.69, 9.17) is 14.0 Å². The van der Waals surface area contributed by atoms with E-state index >= 15 is 0 Å². The van der Waals surface area contributed by atoms with Gasteiger partial charge in [0, 0.05) is 6.08 Å². The average Bonchev–Trinajstić information content (AvgIpc) is 2.54.